The summed E-state index contributed by atoms with van der Waals surface area (Å²) in [5.74, 6) is 2.48. The molecule has 1 rings (SSSR count). The molecule has 74 valence electrons. The maximum absolute atomic E-state index is 13.1. The lowest BCUT2D eigenvalue weighted by atomic mass is 10.1. The Hall–Kier alpha value is -1.60. The number of nitrogen functional groups attached to an aromatic ring is 1. The first-order valence-corrected chi connectivity index (χ1v) is 3.95. The third-order valence-corrected chi connectivity index (χ3v) is 1.53. The third kappa shape index (κ3) is 2.21. The smallest absolute Gasteiger partial charge is 0.176 e. The van der Waals surface area contributed by atoms with Gasteiger partial charge in [-0.15, -0.1) is 0 Å². The minimum atomic E-state index is -1.09. The predicted octanol–water partition coefficient (Wildman–Crippen LogP) is 1.28. The molecule has 0 aromatic heterocycles. The quantitative estimate of drug-likeness (QED) is 0.486. The molecule has 0 saturated carbocycles. The van der Waals surface area contributed by atoms with Gasteiger partial charge in [-0.1, -0.05) is 11.8 Å². The number of hydrogen-bond donors (Lipinski definition) is 2. The van der Waals surface area contributed by atoms with E-state index in [9.17, 15) is 8.78 Å². The molecule has 1 aromatic rings. The SMILES string of the molecule is C[C@@H](O)C#Cc1c(N)ccc(F)c1F. The van der Waals surface area contributed by atoms with Crippen molar-refractivity contribution in [2.75, 3.05) is 5.73 Å². The number of rotatable bonds is 0. The first kappa shape index (κ1) is 10.5. The summed E-state index contributed by atoms with van der Waals surface area (Å²) >= 11 is 0. The van der Waals surface area contributed by atoms with E-state index in [0.29, 0.717) is 0 Å². The van der Waals surface area contributed by atoms with E-state index < -0.39 is 17.7 Å². The van der Waals surface area contributed by atoms with Gasteiger partial charge >= 0.3 is 0 Å². The predicted molar refractivity (Wildman–Crippen MR) is 49.3 cm³/mol. The maximum atomic E-state index is 13.1. The molecule has 0 radical (unpaired) electrons. The van der Waals surface area contributed by atoms with Gasteiger partial charge in [-0.3, -0.25) is 0 Å². The Kier molecular flexibility index (Phi) is 3.05. The highest BCUT2D eigenvalue weighted by molar-refractivity contribution is 5.56. The number of benzene rings is 1. The molecule has 3 N–H and O–H groups in total. The van der Waals surface area contributed by atoms with E-state index in [4.69, 9.17) is 10.8 Å². The van der Waals surface area contributed by atoms with Gasteiger partial charge in [-0.2, -0.15) is 0 Å². The minimum absolute atomic E-state index is 0.0528. The molecule has 0 aliphatic heterocycles. The maximum Gasteiger partial charge on any atom is 0.176 e. The van der Waals surface area contributed by atoms with Crippen LogP contribution < -0.4 is 5.73 Å². The van der Waals surface area contributed by atoms with Crippen LogP contribution in [-0.4, -0.2) is 11.2 Å². The van der Waals surface area contributed by atoms with Crippen molar-refractivity contribution in [3.05, 3.63) is 29.3 Å². The van der Waals surface area contributed by atoms with Crippen LogP contribution in [-0.2, 0) is 0 Å². The highest BCUT2D eigenvalue weighted by atomic mass is 19.2. The number of halogens is 2. The van der Waals surface area contributed by atoms with Crippen LogP contribution >= 0.6 is 0 Å². The molecule has 0 amide bonds. The van der Waals surface area contributed by atoms with Crippen molar-refractivity contribution < 1.29 is 13.9 Å². The summed E-state index contributed by atoms with van der Waals surface area (Å²) in [6, 6.07) is 2.16. The zero-order valence-corrected chi connectivity index (χ0v) is 7.51. The molecule has 0 unspecified atom stereocenters. The molecule has 0 fully saturated rings. The number of aliphatic hydroxyl groups is 1. The Labute approximate surface area is 80.4 Å². The first-order valence-electron chi connectivity index (χ1n) is 3.95. The van der Waals surface area contributed by atoms with Gasteiger partial charge in [0.15, 0.2) is 11.6 Å². The van der Waals surface area contributed by atoms with Crippen LogP contribution in [0.15, 0.2) is 12.1 Å². The molecule has 1 atom stereocenters. The summed E-state index contributed by atoms with van der Waals surface area (Å²) in [5.41, 5.74) is 5.22. The third-order valence-electron chi connectivity index (χ3n) is 1.53. The first-order chi connectivity index (χ1) is 6.52. The van der Waals surface area contributed by atoms with Crippen molar-refractivity contribution in [2.45, 2.75) is 13.0 Å². The summed E-state index contributed by atoms with van der Waals surface area (Å²) in [6.07, 6.45) is -0.905. The van der Waals surface area contributed by atoms with E-state index >= 15 is 0 Å². The van der Waals surface area contributed by atoms with E-state index in [1.54, 1.807) is 0 Å². The summed E-state index contributed by atoms with van der Waals surface area (Å²) in [6.45, 7) is 1.42. The van der Waals surface area contributed by atoms with Crippen molar-refractivity contribution in [1.82, 2.24) is 0 Å². The van der Waals surface area contributed by atoms with Gasteiger partial charge in [0.25, 0.3) is 0 Å². The summed E-state index contributed by atoms with van der Waals surface area (Å²) in [5, 5.41) is 8.83. The molecule has 0 aliphatic rings. The van der Waals surface area contributed by atoms with Gasteiger partial charge in [-0.05, 0) is 19.1 Å². The lowest BCUT2D eigenvalue weighted by Gasteiger charge is -2.00. The van der Waals surface area contributed by atoms with Crippen LogP contribution in [0, 0.1) is 23.5 Å². The zero-order chi connectivity index (χ0) is 10.7. The van der Waals surface area contributed by atoms with Crippen LogP contribution in [0.25, 0.3) is 0 Å². The molecule has 14 heavy (non-hydrogen) atoms. The van der Waals surface area contributed by atoms with Crippen LogP contribution in [0.3, 0.4) is 0 Å². The molecule has 0 aliphatic carbocycles. The van der Waals surface area contributed by atoms with Crippen LogP contribution in [0.5, 0.6) is 0 Å². The molecular formula is C10H9F2NO. The topological polar surface area (TPSA) is 46.2 Å². The van der Waals surface area contributed by atoms with Gasteiger partial charge in [0.05, 0.1) is 11.3 Å². The van der Waals surface area contributed by atoms with Crippen molar-refractivity contribution in [1.29, 1.82) is 0 Å². The van der Waals surface area contributed by atoms with Crippen molar-refractivity contribution in [2.24, 2.45) is 0 Å². The van der Waals surface area contributed by atoms with E-state index in [1.165, 1.54) is 13.0 Å². The van der Waals surface area contributed by atoms with Gasteiger partial charge < -0.3 is 10.8 Å². The van der Waals surface area contributed by atoms with E-state index in [2.05, 4.69) is 11.8 Å². The Bertz CT molecular complexity index is 405. The molecule has 4 heteroatoms. The number of anilines is 1. The second kappa shape index (κ2) is 4.07. The average Bonchev–Trinajstić information content (AvgIpc) is 2.11. The van der Waals surface area contributed by atoms with E-state index in [0.717, 1.165) is 6.07 Å². The zero-order valence-electron chi connectivity index (χ0n) is 7.51. The Morgan fingerprint density at radius 3 is 2.64 bits per heavy atom. The second-order valence-electron chi connectivity index (χ2n) is 2.77. The van der Waals surface area contributed by atoms with Crippen molar-refractivity contribution in [3.8, 4) is 11.8 Å². The molecule has 0 saturated heterocycles. The Morgan fingerprint density at radius 2 is 2.07 bits per heavy atom. The van der Waals surface area contributed by atoms with Crippen molar-refractivity contribution >= 4 is 5.69 Å². The van der Waals surface area contributed by atoms with Gasteiger partial charge in [-0.25, -0.2) is 8.78 Å². The minimum Gasteiger partial charge on any atom is -0.398 e. The lowest BCUT2D eigenvalue weighted by molar-refractivity contribution is 0.253. The summed E-state index contributed by atoms with van der Waals surface area (Å²) < 4.78 is 25.8. The molecule has 0 spiro atoms. The van der Waals surface area contributed by atoms with Gasteiger partial charge in [0.2, 0.25) is 0 Å². The molecule has 2 nitrogen and oxygen atoms in total. The van der Waals surface area contributed by atoms with Crippen LogP contribution in [0.2, 0.25) is 0 Å². The van der Waals surface area contributed by atoms with Crippen LogP contribution in [0.4, 0.5) is 14.5 Å². The highest BCUT2D eigenvalue weighted by Crippen LogP contribution is 2.17. The second-order valence-corrected chi connectivity index (χ2v) is 2.77. The number of hydrogen-bond acceptors (Lipinski definition) is 2. The van der Waals surface area contributed by atoms with Gasteiger partial charge in [0, 0.05) is 0 Å². The molecule has 1 aromatic carbocycles. The summed E-state index contributed by atoms with van der Waals surface area (Å²) in [4.78, 5) is 0. The fourth-order valence-electron chi connectivity index (χ4n) is 0.869. The standard InChI is InChI=1S/C10H9F2NO/c1-6(14)2-3-7-9(13)5-4-8(11)10(7)12/h4-6,14H,13H2,1H3/t6-/m1/s1. The lowest BCUT2D eigenvalue weighted by Crippen LogP contribution is -1.99. The van der Waals surface area contributed by atoms with Crippen LogP contribution in [0.1, 0.15) is 12.5 Å². The fourth-order valence-corrected chi connectivity index (χ4v) is 0.869. The normalized spacial score (nSPS) is 11.7. The molecule has 0 heterocycles. The van der Waals surface area contributed by atoms with Gasteiger partial charge in [0.1, 0.15) is 6.10 Å². The summed E-state index contributed by atoms with van der Waals surface area (Å²) in [7, 11) is 0. The number of nitrogens with two attached hydrogens (primary N) is 1. The molecule has 0 bridgehead atoms. The Balaban J connectivity index is 3.22. The fraction of sp³-hybridized carbons (Fsp3) is 0.200. The highest BCUT2D eigenvalue weighted by Gasteiger charge is 2.09. The number of aliphatic hydroxyl groups excluding tert-OH is 1. The monoisotopic (exact) mass is 197 g/mol. The largest absolute Gasteiger partial charge is 0.398 e. The Morgan fingerprint density at radius 1 is 1.43 bits per heavy atom. The van der Waals surface area contributed by atoms with Crippen molar-refractivity contribution in [3.63, 3.8) is 0 Å². The average molecular weight is 197 g/mol. The van der Waals surface area contributed by atoms with E-state index in [1.807, 2.05) is 0 Å². The van der Waals surface area contributed by atoms with E-state index in [-0.39, 0.29) is 11.3 Å². The molecular weight excluding hydrogens is 188 g/mol.